The number of aryl methyl sites for hydroxylation is 1. The molecule has 28 heavy (non-hydrogen) atoms. The van der Waals surface area contributed by atoms with Crippen LogP contribution in [0.25, 0.3) is 22.9 Å². The van der Waals surface area contributed by atoms with Crippen LogP contribution in [0.5, 0.6) is 0 Å². The van der Waals surface area contributed by atoms with Gasteiger partial charge in [-0.05, 0) is 57.2 Å². The number of carbonyl (C=O) groups is 2. The molecule has 0 radical (unpaired) electrons. The molecule has 1 amide bonds. The number of benzene rings is 2. The van der Waals surface area contributed by atoms with E-state index in [4.69, 9.17) is 9.15 Å². The largest absolute Gasteiger partial charge is 0.467 e. The number of carbonyl (C=O) groups excluding carboxylic acids is 2. The van der Waals surface area contributed by atoms with Crippen molar-refractivity contribution in [2.75, 3.05) is 7.11 Å². The van der Waals surface area contributed by atoms with Crippen LogP contribution < -0.4 is 5.32 Å². The summed E-state index contributed by atoms with van der Waals surface area (Å²) in [4.78, 5) is 24.1. The zero-order valence-corrected chi connectivity index (χ0v) is 16.1. The molecular formula is C21H21N3O4. The molecular weight excluding hydrogens is 358 g/mol. The van der Waals surface area contributed by atoms with Crippen molar-refractivity contribution in [1.29, 1.82) is 0 Å². The van der Waals surface area contributed by atoms with E-state index in [1.54, 1.807) is 38.1 Å². The Morgan fingerprint density at radius 3 is 2.25 bits per heavy atom. The second kappa shape index (κ2) is 7.64. The molecule has 0 fully saturated rings. The van der Waals surface area contributed by atoms with Crippen molar-refractivity contribution < 1.29 is 18.7 Å². The lowest BCUT2D eigenvalue weighted by Crippen LogP contribution is -2.50. The summed E-state index contributed by atoms with van der Waals surface area (Å²) in [7, 11) is 1.28. The van der Waals surface area contributed by atoms with Crippen molar-refractivity contribution in [2.24, 2.45) is 0 Å². The van der Waals surface area contributed by atoms with Crippen LogP contribution in [0.4, 0.5) is 0 Å². The maximum atomic E-state index is 12.4. The highest BCUT2D eigenvalue weighted by molar-refractivity contribution is 5.98. The number of amides is 1. The second-order valence-corrected chi connectivity index (χ2v) is 6.93. The second-order valence-electron chi connectivity index (χ2n) is 6.93. The molecule has 0 bridgehead atoms. The fourth-order valence-corrected chi connectivity index (χ4v) is 2.66. The fourth-order valence-electron chi connectivity index (χ4n) is 2.66. The van der Waals surface area contributed by atoms with Crippen molar-refractivity contribution in [3.8, 4) is 22.9 Å². The van der Waals surface area contributed by atoms with E-state index >= 15 is 0 Å². The Kier molecular flexibility index (Phi) is 5.26. The van der Waals surface area contributed by atoms with Gasteiger partial charge in [-0.1, -0.05) is 17.7 Å². The normalized spacial score (nSPS) is 11.1. The van der Waals surface area contributed by atoms with Crippen LogP contribution in [0, 0.1) is 6.92 Å². The molecule has 3 aromatic rings. The van der Waals surface area contributed by atoms with Gasteiger partial charge in [-0.15, -0.1) is 10.2 Å². The molecule has 0 spiro atoms. The maximum absolute atomic E-state index is 12.4. The minimum atomic E-state index is -1.13. The number of ether oxygens (including phenoxy) is 1. The Balaban J connectivity index is 1.76. The Morgan fingerprint density at radius 2 is 1.64 bits per heavy atom. The molecule has 1 heterocycles. The summed E-state index contributed by atoms with van der Waals surface area (Å²) in [5.41, 5.74) is 1.91. The van der Waals surface area contributed by atoms with Crippen LogP contribution in [-0.4, -0.2) is 34.7 Å². The highest BCUT2D eigenvalue weighted by Crippen LogP contribution is 2.24. The lowest BCUT2D eigenvalue weighted by Gasteiger charge is -2.23. The first-order valence-electron chi connectivity index (χ1n) is 8.72. The molecule has 0 saturated carbocycles. The molecule has 7 nitrogen and oxygen atoms in total. The van der Waals surface area contributed by atoms with Crippen LogP contribution >= 0.6 is 0 Å². The summed E-state index contributed by atoms with van der Waals surface area (Å²) in [5, 5.41) is 10.8. The molecule has 1 aromatic heterocycles. The third-order valence-electron chi connectivity index (χ3n) is 4.21. The van der Waals surface area contributed by atoms with Crippen molar-refractivity contribution in [2.45, 2.75) is 26.3 Å². The van der Waals surface area contributed by atoms with Gasteiger partial charge in [-0.2, -0.15) is 0 Å². The Bertz CT molecular complexity index is 1010. The van der Waals surface area contributed by atoms with Crippen LogP contribution in [0.2, 0.25) is 0 Å². The smallest absolute Gasteiger partial charge is 0.330 e. The van der Waals surface area contributed by atoms with E-state index < -0.39 is 11.5 Å². The third-order valence-corrected chi connectivity index (χ3v) is 4.21. The summed E-state index contributed by atoms with van der Waals surface area (Å²) >= 11 is 0. The van der Waals surface area contributed by atoms with E-state index in [1.807, 2.05) is 31.2 Å². The van der Waals surface area contributed by atoms with E-state index in [1.165, 1.54) is 7.11 Å². The van der Waals surface area contributed by atoms with Crippen LogP contribution in [0.3, 0.4) is 0 Å². The van der Waals surface area contributed by atoms with Gasteiger partial charge in [0.15, 0.2) is 0 Å². The fraction of sp³-hybridized carbons (Fsp3) is 0.238. The number of hydrogen-bond donors (Lipinski definition) is 1. The molecule has 0 aliphatic carbocycles. The molecule has 1 N–H and O–H groups in total. The molecule has 3 rings (SSSR count). The maximum Gasteiger partial charge on any atom is 0.330 e. The predicted octanol–water partition coefficient (Wildman–Crippen LogP) is 3.39. The number of esters is 1. The number of nitrogens with zero attached hydrogens (tertiary/aromatic N) is 2. The first-order chi connectivity index (χ1) is 13.3. The van der Waals surface area contributed by atoms with Crippen LogP contribution in [0.15, 0.2) is 52.9 Å². The number of rotatable bonds is 5. The molecule has 0 unspecified atom stereocenters. The summed E-state index contributed by atoms with van der Waals surface area (Å²) in [5.74, 6) is -0.112. The van der Waals surface area contributed by atoms with Gasteiger partial charge in [0.2, 0.25) is 11.8 Å². The molecule has 0 aliphatic heterocycles. The Hall–Kier alpha value is -3.48. The molecule has 0 saturated heterocycles. The standard InChI is InChI=1S/C21H21N3O4/c1-13-6-5-7-16(12-13)19-24-23-18(28-19)15-10-8-14(9-11-15)17(25)22-21(2,3)20(26)27-4/h5-12H,1-4H3,(H,22,25). The van der Waals surface area contributed by atoms with E-state index in [-0.39, 0.29) is 5.91 Å². The van der Waals surface area contributed by atoms with Crippen molar-refractivity contribution in [3.05, 3.63) is 59.7 Å². The lowest BCUT2D eigenvalue weighted by atomic mass is 10.0. The molecule has 2 aromatic carbocycles. The number of aromatic nitrogens is 2. The van der Waals surface area contributed by atoms with E-state index in [0.29, 0.717) is 22.9 Å². The summed E-state index contributed by atoms with van der Waals surface area (Å²) in [6.07, 6.45) is 0. The number of hydrogen-bond acceptors (Lipinski definition) is 6. The predicted molar refractivity (Wildman–Crippen MR) is 103 cm³/mol. The molecule has 144 valence electrons. The van der Waals surface area contributed by atoms with Crippen molar-refractivity contribution in [3.63, 3.8) is 0 Å². The van der Waals surface area contributed by atoms with Crippen molar-refractivity contribution in [1.82, 2.24) is 15.5 Å². The van der Waals surface area contributed by atoms with E-state index in [9.17, 15) is 9.59 Å². The van der Waals surface area contributed by atoms with Gasteiger partial charge in [0.25, 0.3) is 5.91 Å². The average Bonchev–Trinajstić information content (AvgIpc) is 3.17. The molecule has 7 heteroatoms. The van der Waals surface area contributed by atoms with Crippen LogP contribution in [0.1, 0.15) is 29.8 Å². The first kappa shape index (κ1) is 19.3. The monoisotopic (exact) mass is 379 g/mol. The topological polar surface area (TPSA) is 94.3 Å². The minimum absolute atomic E-state index is 0.360. The van der Waals surface area contributed by atoms with Crippen molar-refractivity contribution >= 4 is 11.9 Å². The van der Waals surface area contributed by atoms with Gasteiger partial charge < -0.3 is 14.5 Å². The zero-order valence-electron chi connectivity index (χ0n) is 16.1. The van der Waals surface area contributed by atoms with E-state index in [0.717, 1.165) is 11.1 Å². The molecule has 0 aliphatic rings. The zero-order chi connectivity index (χ0) is 20.3. The van der Waals surface area contributed by atoms with Gasteiger partial charge in [0.1, 0.15) is 5.54 Å². The van der Waals surface area contributed by atoms with Gasteiger partial charge >= 0.3 is 5.97 Å². The molecule has 0 atom stereocenters. The van der Waals surface area contributed by atoms with Gasteiger partial charge in [0.05, 0.1) is 7.11 Å². The van der Waals surface area contributed by atoms with E-state index in [2.05, 4.69) is 15.5 Å². The number of methoxy groups -OCH3 is 1. The summed E-state index contributed by atoms with van der Waals surface area (Å²) in [6, 6.07) is 14.5. The summed E-state index contributed by atoms with van der Waals surface area (Å²) in [6.45, 7) is 5.15. The third kappa shape index (κ3) is 4.09. The highest BCUT2D eigenvalue weighted by Gasteiger charge is 2.30. The Labute approximate surface area is 162 Å². The minimum Gasteiger partial charge on any atom is -0.467 e. The highest BCUT2D eigenvalue weighted by atomic mass is 16.5. The Morgan fingerprint density at radius 1 is 1.00 bits per heavy atom. The SMILES string of the molecule is COC(=O)C(C)(C)NC(=O)c1ccc(-c2nnc(-c3cccc(C)c3)o2)cc1. The van der Waals surface area contributed by atoms with Crippen LogP contribution in [-0.2, 0) is 9.53 Å². The van der Waals surface area contributed by atoms with Gasteiger partial charge in [-0.25, -0.2) is 4.79 Å². The average molecular weight is 379 g/mol. The number of nitrogens with one attached hydrogen (secondary N) is 1. The lowest BCUT2D eigenvalue weighted by molar-refractivity contribution is -0.146. The quantitative estimate of drug-likeness (QED) is 0.683. The summed E-state index contributed by atoms with van der Waals surface area (Å²) < 4.78 is 10.4. The van der Waals surface area contributed by atoms with Gasteiger partial charge in [0, 0.05) is 16.7 Å². The first-order valence-corrected chi connectivity index (χ1v) is 8.72. The van der Waals surface area contributed by atoms with Gasteiger partial charge in [-0.3, -0.25) is 4.79 Å².